The van der Waals surface area contributed by atoms with Crippen LogP contribution in [0.2, 0.25) is 0 Å². The van der Waals surface area contributed by atoms with E-state index in [2.05, 4.69) is 34.5 Å². The fraction of sp³-hybridized carbons (Fsp3) is 0.350. The third-order valence-electron chi connectivity index (χ3n) is 4.42. The second kappa shape index (κ2) is 8.76. The van der Waals surface area contributed by atoms with Crippen molar-refractivity contribution in [3.63, 3.8) is 0 Å². The maximum Gasteiger partial charge on any atom is 0.251 e. The van der Waals surface area contributed by atoms with Gasteiger partial charge in [0.2, 0.25) is 0 Å². The van der Waals surface area contributed by atoms with Gasteiger partial charge in [0, 0.05) is 30.9 Å². The number of ether oxygens (including phenoxy) is 1. The molecular weight excluding hydrogens is 338 g/mol. The average molecular weight is 360 g/mol. The smallest absolute Gasteiger partial charge is 0.251 e. The molecule has 0 atom stereocenters. The predicted molar refractivity (Wildman–Crippen MR) is 96.5 cm³/mol. The van der Waals surface area contributed by atoms with Crippen LogP contribution in [-0.2, 0) is 11.2 Å². The van der Waals surface area contributed by atoms with Crippen molar-refractivity contribution in [1.29, 1.82) is 0 Å². The molecule has 3 rings (SSSR count). The largest absolute Gasteiger partial charge is 0.378 e. The molecule has 26 heavy (non-hydrogen) atoms. The number of aryl methyl sites for hydroxylation is 1. The first-order chi connectivity index (χ1) is 12.6. The van der Waals surface area contributed by atoms with E-state index in [4.69, 9.17) is 4.74 Å². The third-order valence-corrected chi connectivity index (χ3v) is 4.42. The summed E-state index contributed by atoms with van der Waals surface area (Å²) < 4.78 is 31.4. The summed E-state index contributed by atoms with van der Waals surface area (Å²) in [5, 5.41) is 2.73. The summed E-state index contributed by atoms with van der Waals surface area (Å²) in [6.45, 7) is 3.83. The maximum atomic E-state index is 13.2. The van der Waals surface area contributed by atoms with Gasteiger partial charge in [-0.25, -0.2) is 8.78 Å². The highest BCUT2D eigenvalue weighted by atomic mass is 19.2. The number of benzene rings is 2. The number of amides is 1. The van der Waals surface area contributed by atoms with Crippen LogP contribution in [-0.4, -0.2) is 38.8 Å². The van der Waals surface area contributed by atoms with E-state index in [1.165, 1.54) is 17.3 Å². The Kier molecular flexibility index (Phi) is 6.17. The monoisotopic (exact) mass is 360 g/mol. The van der Waals surface area contributed by atoms with E-state index in [0.717, 1.165) is 51.3 Å². The molecule has 4 nitrogen and oxygen atoms in total. The van der Waals surface area contributed by atoms with Crippen LogP contribution in [0.4, 0.5) is 14.5 Å². The lowest BCUT2D eigenvalue weighted by molar-refractivity contribution is 0.0952. The van der Waals surface area contributed by atoms with Crippen molar-refractivity contribution < 1.29 is 18.3 Å². The molecule has 0 saturated carbocycles. The van der Waals surface area contributed by atoms with Crippen LogP contribution >= 0.6 is 0 Å². The van der Waals surface area contributed by atoms with Crippen molar-refractivity contribution >= 4 is 11.6 Å². The van der Waals surface area contributed by atoms with E-state index in [9.17, 15) is 13.6 Å². The molecule has 0 unspecified atom stereocenters. The van der Waals surface area contributed by atoms with Gasteiger partial charge in [-0.1, -0.05) is 12.1 Å². The summed E-state index contributed by atoms with van der Waals surface area (Å²) in [7, 11) is 0. The number of rotatable bonds is 6. The molecule has 6 heteroatoms. The third kappa shape index (κ3) is 4.79. The summed E-state index contributed by atoms with van der Waals surface area (Å²) >= 11 is 0. The number of nitrogens with zero attached hydrogens (tertiary/aromatic N) is 1. The summed E-state index contributed by atoms with van der Waals surface area (Å²) in [6, 6.07) is 11.6. The lowest BCUT2D eigenvalue weighted by Crippen LogP contribution is -2.36. The second-order valence-electron chi connectivity index (χ2n) is 6.25. The van der Waals surface area contributed by atoms with Crippen LogP contribution in [0.25, 0.3) is 0 Å². The number of anilines is 1. The molecule has 2 aromatic rings. The van der Waals surface area contributed by atoms with Gasteiger partial charge in [0.25, 0.3) is 5.91 Å². The molecule has 0 bridgehead atoms. The number of hydrogen-bond donors (Lipinski definition) is 1. The Bertz CT molecular complexity index is 744. The first kappa shape index (κ1) is 18.3. The summed E-state index contributed by atoms with van der Waals surface area (Å²) in [4.78, 5) is 14.2. The Hall–Kier alpha value is -2.47. The van der Waals surface area contributed by atoms with Gasteiger partial charge < -0.3 is 15.0 Å². The molecule has 1 aliphatic rings. The molecule has 138 valence electrons. The van der Waals surface area contributed by atoms with Crippen molar-refractivity contribution in [2.75, 3.05) is 37.7 Å². The average Bonchev–Trinajstić information content (AvgIpc) is 2.68. The molecule has 1 fully saturated rings. The molecular formula is C20H22F2N2O2. The molecule has 2 aromatic carbocycles. The number of nitrogens with one attached hydrogen (secondary N) is 1. The van der Waals surface area contributed by atoms with Gasteiger partial charge in [0.1, 0.15) is 0 Å². The Morgan fingerprint density at radius 3 is 2.46 bits per heavy atom. The van der Waals surface area contributed by atoms with Gasteiger partial charge >= 0.3 is 0 Å². The number of halogens is 2. The van der Waals surface area contributed by atoms with E-state index in [0.29, 0.717) is 6.54 Å². The van der Waals surface area contributed by atoms with Crippen LogP contribution in [0.3, 0.4) is 0 Å². The Morgan fingerprint density at radius 2 is 1.77 bits per heavy atom. The predicted octanol–water partition coefficient (Wildman–Crippen LogP) is 3.16. The van der Waals surface area contributed by atoms with Crippen LogP contribution in [0.5, 0.6) is 0 Å². The van der Waals surface area contributed by atoms with Crippen LogP contribution in [0.15, 0.2) is 42.5 Å². The zero-order chi connectivity index (χ0) is 18.4. The van der Waals surface area contributed by atoms with E-state index >= 15 is 0 Å². The molecule has 1 amide bonds. The summed E-state index contributed by atoms with van der Waals surface area (Å²) in [5.41, 5.74) is 2.52. The molecule has 1 N–H and O–H groups in total. The highest BCUT2D eigenvalue weighted by Gasteiger charge is 2.11. The lowest BCUT2D eigenvalue weighted by Gasteiger charge is -2.28. The van der Waals surface area contributed by atoms with Crippen molar-refractivity contribution in [2.45, 2.75) is 12.8 Å². The van der Waals surface area contributed by atoms with E-state index in [1.807, 2.05) is 0 Å². The highest BCUT2D eigenvalue weighted by molar-refractivity contribution is 5.94. The maximum absolute atomic E-state index is 13.2. The van der Waals surface area contributed by atoms with Gasteiger partial charge in [-0.2, -0.15) is 0 Å². The number of hydrogen-bond acceptors (Lipinski definition) is 3. The van der Waals surface area contributed by atoms with Crippen LogP contribution in [0.1, 0.15) is 22.3 Å². The normalized spacial score (nSPS) is 14.3. The Balaban J connectivity index is 1.43. The minimum atomic E-state index is -1.02. The first-order valence-electron chi connectivity index (χ1n) is 8.78. The number of morpholine rings is 1. The zero-order valence-electron chi connectivity index (χ0n) is 14.5. The highest BCUT2D eigenvalue weighted by Crippen LogP contribution is 2.17. The van der Waals surface area contributed by atoms with E-state index in [1.54, 1.807) is 0 Å². The van der Waals surface area contributed by atoms with Crippen molar-refractivity contribution in [1.82, 2.24) is 5.32 Å². The minimum absolute atomic E-state index is 0.124. The van der Waals surface area contributed by atoms with Gasteiger partial charge in [0.05, 0.1) is 13.2 Å². The van der Waals surface area contributed by atoms with E-state index in [-0.39, 0.29) is 5.56 Å². The van der Waals surface area contributed by atoms with Gasteiger partial charge in [-0.15, -0.1) is 0 Å². The van der Waals surface area contributed by atoms with Crippen molar-refractivity contribution in [3.8, 4) is 0 Å². The molecule has 1 heterocycles. The number of carbonyl (C=O) groups excluding carboxylic acids is 1. The van der Waals surface area contributed by atoms with Crippen molar-refractivity contribution in [3.05, 3.63) is 65.2 Å². The molecule has 0 radical (unpaired) electrons. The Labute approximate surface area is 151 Å². The number of carbonyl (C=O) groups is 1. The van der Waals surface area contributed by atoms with Crippen molar-refractivity contribution in [2.24, 2.45) is 0 Å². The van der Waals surface area contributed by atoms with Crippen LogP contribution < -0.4 is 10.2 Å². The first-order valence-corrected chi connectivity index (χ1v) is 8.78. The SMILES string of the molecule is O=C(NCCCc1ccc(N2CCOCC2)cc1)c1ccc(F)c(F)c1. The molecule has 1 saturated heterocycles. The zero-order valence-corrected chi connectivity index (χ0v) is 14.5. The summed E-state index contributed by atoms with van der Waals surface area (Å²) in [5.74, 6) is -2.37. The topological polar surface area (TPSA) is 41.6 Å². The molecule has 0 aliphatic carbocycles. The fourth-order valence-electron chi connectivity index (χ4n) is 2.93. The second-order valence-corrected chi connectivity index (χ2v) is 6.25. The minimum Gasteiger partial charge on any atom is -0.378 e. The standard InChI is InChI=1S/C20H22F2N2O2/c21-18-8-5-16(14-19(18)22)20(25)23-9-1-2-15-3-6-17(7-4-15)24-10-12-26-13-11-24/h3-8,14H,1-2,9-13H2,(H,23,25). The van der Waals surface area contributed by atoms with E-state index < -0.39 is 17.5 Å². The fourth-order valence-corrected chi connectivity index (χ4v) is 2.93. The molecule has 1 aliphatic heterocycles. The van der Waals surface area contributed by atoms with Gasteiger partial charge in [-0.05, 0) is 48.7 Å². The van der Waals surface area contributed by atoms with Crippen LogP contribution in [0, 0.1) is 11.6 Å². The Morgan fingerprint density at radius 1 is 1.04 bits per heavy atom. The van der Waals surface area contributed by atoms with Gasteiger partial charge in [0.15, 0.2) is 11.6 Å². The van der Waals surface area contributed by atoms with Gasteiger partial charge in [-0.3, -0.25) is 4.79 Å². The molecule has 0 aromatic heterocycles. The lowest BCUT2D eigenvalue weighted by atomic mass is 10.1. The summed E-state index contributed by atoms with van der Waals surface area (Å²) in [6.07, 6.45) is 1.60. The quantitative estimate of drug-likeness (QED) is 0.805. The molecule has 0 spiro atoms.